The highest BCUT2D eigenvalue weighted by molar-refractivity contribution is 6.09. The second-order valence-electron chi connectivity index (χ2n) is 22.9. The molecule has 1 aromatic carbocycles. The van der Waals surface area contributed by atoms with E-state index in [2.05, 4.69) is 79.9 Å². The molecule has 16 nitrogen and oxygen atoms in total. The Labute approximate surface area is 422 Å². The van der Waals surface area contributed by atoms with Gasteiger partial charge in [0.1, 0.15) is 11.3 Å². The number of imide groups is 1. The largest absolute Gasteiger partial charge is 0.366 e. The molecular weight excluding hydrogens is 907 g/mol. The molecule has 8 aliphatic rings. The first kappa shape index (κ1) is 47.1. The van der Waals surface area contributed by atoms with Crippen LogP contribution in [0.1, 0.15) is 134 Å². The normalized spacial score (nSPS) is 27.1. The summed E-state index contributed by atoms with van der Waals surface area (Å²) < 4.78 is 2.20. The van der Waals surface area contributed by atoms with Crippen LogP contribution in [-0.2, 0) is 29.4 Å². The maximum Gasteiger partial charge on any atom is 0.238 e. The van der Waals surface area contributed by atoms with E-state index in [4.69, 9.17) is 9.97 Å². The summed E-state index contributed by atoms with van der Waals surface area (Å²) >= 11 is 0. The molecule has 3 atom stereocenters. The van der Waals surface area contributed by atoms with Crippen molar-refractivity contribution in [3.63, 3.8) is 0 Å². The zero-order valence-electron chi connectivity index (χ0n) is 42.4. The number of anilines is 3. The molecule has 72 heavy (non-hydrogen) atoms. The Morgan fingerprint density at radius 1 is 0.806 bits per heavy atom. The molecule has 16 heteroatoms. The number of benzene rings is 1. The molecular formula is C56H71N11O5. The van der Waals surface area contributed by atoms with Crippen LogP contribution in [-0.4, -0.2) is 134 Å². The zero-order chi connectivity index (χ0) is 49.4. The molecule has 2 N–H and O–H groups in total. The second-order valence-corrected chi connectivity index (χ2v) is 22.9. The minimum absolute atomic E-state index is 0.0272. The predicted molar refractivity (Wildman–Crippen MR) is 275 cm³/mol. The van der Waals surface area contributed by atoms with Gasteiger partial charge < -0.3 is 34.4 Å². The van der Waals surface area contributed by atoms with Gasteiger partial charge in [-0.1, -0.05) is 31.5 Å². The van der Waals surface area contributed by atoms with Crippen molar-refractivity contribution in [1.82, 2.24) is 39.5 Å². The number of pyridine rings is 2. The van der Waals surface area contributed by atoms with Gasteiger partial charge in [-0.3, -0.25) is 29.3 Å². The molecule has 5 amide bonds. The Morgan fingerprint density at radius 3 is 2.28 bits per heavy atom. The van der Waals surface area contributed by atoms with E-state index in [1.807, 2.05) is 28.3 Å². The molecule has 9 heterocycles. The summed E-state index contributed by atoms with van der Waals surface area (Å²) in [7, 11) is 0. The third-order valence-corrected chi connectivity index (χ3v) is 18.1. The first-order chi connectivity index (χ1) is 34.9. The van der Waals surface area contributed by atoms with E-state index < -0.39 is 5.41 Å². The van der Waals surface area contributed by atoms with Crippen molar-refractivity contribution in [1.29, 1.82) is 0 Å². The SMILES string of the molecule is CC(C)n1cnc2cc(-c3ccc4c(c3)N([C@H]3C[C@@H](N5CCCCC5)C3)C(=O)C43CCN(C(=O)[C@H]4CCN(C(=O)C5CCN(c6ccc(C7CCC(=O)NC7=O)cn6)CC5)C[C@H]4C)CC3)nc(NC3CC3)c21. The van der Waals surface area contributed by atoms with E-state index in [-0.39, 0.29) is 65.3 Å². The molecule has 0 bridgehead atoms. The van der Waals surface area contributed by atoms with Gasteiger partial charge in [0, 0.05) is 99.1 Å². The fraction of sp³-hybridized carbons (Fsp3) is 0.607. The van der Waals surface area contributed by atoms with Gasteiger partial charge in [-0.15, -0.1) is 0 Å². The van der Waals surface area contributed by atoms with E-state index in [9.17, 15) is 19.2 Å². The number of carbonyl (C=O) groups is 5. The van der Waals surface area contributed by atoms with Crippen molar-refractivity contribution in [2.24, 2.45) is 17.8 Å². The van der Waals surface area contributed by atoms with Crippen molar-refractivity contribution in [2.45, 2.75) is 146 Å². The van der Waals surface area contributed by atoms with Crippen molar-refractivity contribution < 1.29 is 24.0 Å². The molecule has 380 valence electrons. The molecule has 1 spiro atoms. The van der Waals surface area contributed by atoms with Crippen LogP contribution >= 0.6 is 0 Å². The molecule has 6 aliphatic heterocycles. The third-order valence-electron chi connectivity index (χ3n) is 18.1. The van der Waals surface area contributed by atoms with E-state index in [1.165, 1.54) is 19.3 Å². The maximum absolute atomic E-state index is 15.3. The Balaban J connectivity index is 0.704. The van der Waals surface area contributed by atoms with Gasteiger partial charge >= 0.3 is 0 Å². The van der Waals surface area contributed by atoms with Crippen molar-refractivity contribution >= 4 is 57.9 Å². The Morgan fingerprint density at radius 2 is 1.58 bits per heavy atom. The summed E-state index contributed by atoms with van der Waals surface area (Å²) in [5, 5.41) is 6.14. The highest BCUT2D eigenvalue weighted by Gasteiger charge is 2.56. The minimum Gasteiger partial charge on any atom is -0.366 e. The summed E-state index contributed by atoms with van der Waals surface area (Å²) in [6, 6.07) is 13.9. The first-order valence-electron chi connectivity index (χ1n) is 27.4. The van der Waals surface area contributed by atoms with E-state index in [1.54, 1.807) is 6.20 Å². The smallest absolute Gasteiger partial charge is 0.238 e. The van der Waals surface area contributed by atoms with Gasteiger partial charge in [0.05, 0.1) is 28.9 Å². The lowest BCUT2D eigenvalue weighted by Gasteiger charge is -2.48. The van der Waals surface area contributed by atoms with Crippen LogP contribution in [0.5, 0.6) is 0 Å². The number of nitrogens with one attached hydrogen (secondary N) is 2. The van der Waals surface area contributed by atoms with Gasteiger partial charge in [-0.05, 0) is 139 Å². The second kappa shape index (κ2) is 18.9. The lowest BCUT2D eigenvalue weighted by atomic mass is 9.73. The molecule has 3 aromatic heterocycles. The van der Waals surface area contributed by atoms with Gasteiger partial charge in [-0.25, -0.2) is 15.0 Å². The Hall–Kier alpha value is -5.90. The number of likely N-dealkylation sites (tertiary alicyclic amines) is 3. The van der Waals surface area contributed by atoms with Crippen LogP contribution in [0.25, 0.3) is 22.3 Å². The Kier molecular flexibility index (Phi) is 12.3. The van der Waals surface area contributed by atoms with Crippen LogP contribution in [0, 0.1) is 17.8 Å². The summed E-state index contributed by atoms with van der Waals surface area (Å²) in [4.78, 5) is 93.6. The first-order valence-corrected chi connectivity index (χ1v) is 27.4. The quantitative estimate of drug-likeness (QED) is 0.161. The topological polar surface area (TPSA) is 169 Å². The average Bonchev–Trinajstić information content (AvgIpc) is 4.05. The molecule has 4 aromatic rings. The molecule has 2 saturated carbocycles. The number of carbonyl (C=O) groups excluding carboxylic acids is 5. The summed E-state index contributed by atoms with van der Waals surface area (Å²) in [5.74, 6) is 1.17. The van der Waals surface area contributed by atoms with Gasteiger partial charge in [0.2, 0.25) is 29.5 Å². The number of imidazole rings is 1. The van der Waals surface area contributed by atoms with Crippen molar-refractivity contribution in [2.75, 3.05) is 67.5 Å². The van der Waals surface area contributed by atoms with Gasteiger partial charge in [0.25, 0.3) is 0 Å². The number of rotatable bonds is 10. The number of piperidine rings is 5. The lowest BCUT2D eigenvalue weighted by molar-refractivity contribution is -0.147. The van der Waals surface area contributed by atoms with Crippen LogP contribution < -0.4 is 20.4 Å². The fourth-order valence-corrected chi connectivity index (χ4v) is 13.5. The molecule has 7 fully saturated rings. The standard InChI is InChI=1S/C56H71N11O5/c1-34(2)66-33-58-46-30-45(60-51(50(46)66)59-39-9-10-39)37-7-12-44-47(27-37)67(41-28-40(29-41)62-20-5-4-6-21-62)55(72)56(44)18-25-64(26-19-56)54(71)42-17-24-65(32-35(42)3)53(70)36-15-22-63(23-16-36)48-13-8-38(31-57-48)43-11-14-49(68)61-52(43)69/h7-8,12-13,27,30-31,33-36,39-43H,4-6,9-11,14-26,28-29,32H2,1-3H3,(H,59,60)(H,61,68,69)/t35-,40-,41+,42+,43?/m1/s1. The molecule has 2 aliphatic carbocycles. The number of aromatic nitrogens is 4. The van der Waals surface area contributed by atoms with Crippen LogP contribution in [0.15, 0.2) is 48.9 Å². The molecule has 0 radical (unpaired) electrons. The number of amides is 5. The van der Waals surface area contributed by atoms with Gasteiger partial charge in [-0.2, -0.15) is 0 Å². The zero-order valence-corrected chi connectivity index (χ0v) is 42.4. The van der Waals surface area contributed by atoms with Crippen LogP contribution in [0.4, 0.5) is 17.3 Å². The average molecular weight is 978 g/mol. The molecule has 5 saturated heterocycles. The Bertz CT molecular complexity index is 2760. The summed E-state index contributed by atoms with van der Waals surface area (Å²) in [6.45, 7) is 12.4. The van der Waals surface area contributed by atoms with Gasteiger partial charge in [0.15, 0.2) is 5.82 Å². The number of hydrogen-bond donors (Lipinski definition) is 2. The summed E-state index contributed by atoms with van der Waals surface area (Å²) in [5.41, 5.74) is 6.03. The maximum atomic E-state index is 15.3. The van der Waals surface area contributed by atoms with E-state index in [0.717, 1.165) is 102 Å². The third kappa shape index (κ3) is 8.52. The van der Waals surface area contributed by atoms with E-state index in [0.29, 0.717) is 83.5 Å². The minimum atomic E-state index is -0.681. The highest BCUT2D eigenvalue weighted by Crippen LogP contribution is 2.52. The fourth-order valence-electron chi connectivity index (χ4n) is 13.5. The summed E-state index contributed by atoms with van der Waals surface area (Å²) in [6.07, 6.45) is 15.8. The lowest BCUT2D eigenvalue weighted by Crippen LogP contribution is -2.59. The van der Waals surface area contributed by atoms with Crippen molar-refractivity contribution in [3.05, 3.63) is 60.0 Å². The number of hydrogen-bond acceptors (Lipinski definition) is 11. The number of fused-ring (bicyclic) bond motifs is 3. The van der Waals surface area contributed by atoms with Crippen molar-refractivity contribution in [3.8, 4) is 11.3 Å². The highest BCUT2D eigenvalue weighted by atomic mass is 16.2. The predicted octanol–water partition coefficient (Wildman–Crippen LogP) is 6.79. The molecule has 1 unspecified atom stereocenters. The van der Waals surface area contributed by atoms with Crippen LogP contribution in [0.2, 0.25) is 0 Å². The van der Waals surface area contributed by atoms with E-state index >= 15 is 4.79 Å². The number of nitrogens with zero attached hydrogens (tertiary/aromatic N) is 9. The monoisotopic (exact) mass is 978 g/mol. The molecule has 12 rings (SSSR count). The van der Waals surface area contributed by atoms with Crippen LogP contribution in [0.3, 0.4) is 0 Å².